The van der Waals surface area contributed by atoms with E-state index in [1.54, 1.807) is 31.2 Å². The monoisotopic (exact) mass is 409 g/mol. The van der Waals surface area contributed by atoms with E-state index >= 15 is 0 Å². The van der Waals surface area contributed by atoms with Crippen LogP contribution in [0.1, 0.15) is 22.3 Å². The lowest BCUT2D eigenvalue weighted by molar-refractivity contribution is 0.275. The van der Waals surface area contributed by atoms with Crippen LogP contribution < -0.4 is 10.4 Å². The fourth-order valence-corrected chi connectivity index (χ4v) is 3.28. The molecule has 0 spiro atoms. The first-order valence-corrected chi connectivity index (χ1v) is 9.19. The Hall–Kier alpha value is -3.58. The van der Waals surface area contributed by atoms with Crippen LogP contribution in [0.5, 0.6) is 11.6 Å². The number of aromatic nitrogens is 1. The number of halogens is 2. The van der Waals surface area contributed by atoms with E-state index in [1.165, 1.54) is 30.5 Å². The molecule has 2 heterocycles. The summed E-state index contributed by atoms with van der Waals surface area (Å²) in [6.07, 6.45) is 1.43. The van der Waals surface area contributed by atoms with Crippen LogP contribution in [0, 0.1) is 18.6 Å². The second-order valence-electron chi connectivity index (χ2n) is 6.77. The van der Waals surface area contributed by atoms with Crippen LogP contribution in [0.3, 0.4) is 0 Å². The van der Waals surface area contributed by atoms with Crippen molar-refractivity contribution in [3.8, 4) is 11.6 Å². The molecule has 0 amide bonds. The van der Waals surface area contributed by atoms with Crippen molar-refractivity contribution in [3.05, 3.63) is 99.0 Å². The Bertz CT molecular complexity index is 1300. The molecule has 30 heavy (non-hydrogen) atoms. The van der Waals surface area contributed by atoms with E-state index in [2.05, 4.69) is 4.98 Å². The summed E-state index contributed by atoms with van der Waals surface area (Å²) >= 11 is 0. The van der Waals surface area contributed by atoms with Gasteiger partial charge in [0.25, 0.3) is 5.88 Å². The fourth-order valence-electron chi connectivity index (χ4n) is 3.28. The second-order valence-corrected chi connectivity index (χ2v) is 6.77. The third-order valence-electron chi connectivity index (χ3n) is 4.89. The first kappa shape index (κ1) is 19.7. The summed E-state index contributed by atoms with van der Waals surface area (Å²) in [5.41, 5.74) is 1.09. The molecule has 0 unspecified atom stereocenters. The summed E-state index contributed by atoms with van der Waals surface area (Å²) < 4.78 is 39.1. The molecule has 7 heteroatoms. The summed E-state index contributed by atoms with van der Waals surface area (Å²) in [6, 6.07) is 12.1. The SMILES string of the molecule is Cc1c(Cc2cccc(CO)c2F)c(=O)oc2cc(Oc3ncccc3F)ccc12. The van der Waals surface area contributed by atoms with E-state index in [-0.39, 0.29) is 29.2 Å². The molecule has 0 saturated carbocycles. The zero-order valence-electron chi connectivity index (χ0n) is 16.0. The van der Waals surface area contributed by atoms with Crippen LogP contribution in [0.25, 0.3) is 11.0 Å². The summed E-state index contributed by atoms with van der Waals surface area (Å²) in [7, 11) is 0. The van der Waals surface area contributed by atoms with Gasteiger partial charge >= 0.3 is 5.63 Å². The Morgan fingerprint density at radius 3 is 2.67 bits per heavy atom. The Labute approximate surface area is 170 Å². The summed E-state index contributed by atoms with van der Waals surface area (Å²) in [6.45, 7) is 1.33. The van der Waals surface area contributed by atoms with Crippen molar-refractivity contribution in [3.63, 3.8) is 0 Å². The van der Waals surface area contributed by atoms with Crippen molar-refractivity contribution in [2.75, 3.05) is 0 Å². The van der Waals surface area contributed by atoms with Gasteiger partial charge in [-0.05, 0) is 42.3 Å². The normalized spacial score (nSPS) is 11.1. The molecule has 152 valence electrons. The number of rotatable bonds is 5. The standard InChI is InChI=1S/C23H17F2NO4/c1-13-17-8-7-16(29-22-19(24)6-3-9-26-22)11-20(17)30-23(28)18(13)10-14-4-2-5-15(12-27)21(14)25/h2-9,11,27H,10,12H2,1H3. The molecule has 0 atom stereocenters. The van der Waals surface area contributed by atoms with Gasteiger partial charge in [-0.2, -0.15) is 0 Å². The van der Waals surface area contributed by atoms with E-state index in [0.717, 1.165) is 0 Å². The maximum absolute atomic E-state index is 14.5. The molecule has 2 aromatic heterocycles. The van der Waals surface area contributed by atoms with E-state index in [9.17, 15) is 18.7 Å². The summed E-state index contributed by atoms with van der Waals surface area (Å²) in [5.74, 6) is -1.08. The van der Waals surface area contributed by atoms with Gasteiger partial charge in [0.2, 0.25) is 0 Å². The minimum atomic E-state index is -0.613. The van der Waals surface area contributed by atoms with E-state index < -0.39 is 23.9 Å². The van der Waals surface area contributed by atoms with E-state index in [0.29, 0.717) is 22.1 Å². The molecule has 4 rings (SSSR count). The van der Waals surface area contributed by atoms with Crippen molar-refractivity contribution in [1.29, 1.82) is 0 Å². The average Bonchev–Trinajstić information content (AvgIpc) is 2.73. The fraction of sp³-hybridized carbons (Fsp3) is 0.130. The Kier molecular flexibility index (Phi) is 5.29. The van der Waals surface area contributed by atoms with Crippen molar-refractivity contribution >= 4 is 11.0 Å². The second kappa shape index (κ2) is 8.04. The highest BCUT2D eigenvalue weighted by Crippen LogP contribution is 2.28. The number of pyridine rings is 1. The predicted octanol–water partition coefficient (Wildman–Crippen LogP) is 4.65. The van der Waals surface area contributed by atoms with Crippen molar-refractivity contribution in [2.24, 2.45) is 0 Å². The predicted molar refractivity (Wildman–Crippen MR) is 107 cm³/mol. The van der Waals surface area contributed by atoms with Gasteiger partial charge in [-0.25, -0.2) is 18.6 Å². The number of aryl methyl sites for hydroxylation is 1. The van der Waals surface area contributed by atoms with Crippen LogP contribution >= 0.6 is 0 Å². The molecule has 4 aromatic rings. The molecule has 1 N–H and O–H groups in total. The molecule has 2 aromatic carbocycles. The minimum absolute atomic E-state index is 0.0289. The molecule has 0 fully saturated rings. The van der Waals surface area contributed by atoms with E-state index in [4.69, 9.17) is 9.15 Å². The topological polar surface area (TPSA) is 72.6 Å². The highest BCUT2D eigenvalue weighted by molar-refractivity contribution is 5.82. The largest absolute Gasteiger partial charge is 0.436 e. The first-order valence-electron chi connectivity index (χ1n) is 9.19. The van der Waals surface area contributed by atoms with Gasteiger partial charge in [-0.15, -0.1) is 0 Å². The number of hydrogen-bond donors (Lipinski definition) is 1. The van der Waals surface area contributed by atoms with Crippen LogP contribution in [-0.2, 0) is 13.0 Å². The highest BCUT2D eigenvalue weighted by Gasteiger charge is 2.16. The van der Waals surface area contributed by atoms with Crippen LogP contribution in [0.2, 0.25) is 0 Å². The van der Waals surface area contributed by atoms with Gasteiger partial charge in [0.15, 0.2) is 5.82 Å². The minimum Gasteiger partial charge on any atom is -0.436 e. The van der Waals surface area contributed by atoms with Gasteiger partial charge in [0.1, 0.15) is 17.1 Å². The van der Waals surface area contributed by atoms with Gasteiger partial charge in [0, 0.05) is 35.2 Å². The van der Waals surface area contributed by atoms with Crippen molar-refractivity contribution in [2.45, 2.75) is 20.0 Å². The lowest BCUT2D eigenvalue weighted by Gasteiger charge is -2.11. The van der Waals surface area contributed by atoms with E-state index in [1.807, 2.05) is 0 Å². The third-order valence-corrected chi connectivity index (χ3v) is 4.89. The first-order chi connectivity index (χ1) is 14.5. The molecule has 0 aliphatic heterocycles. The van der Waals surface area contributed by atoms with Crippen molar-refractivity contribution < 1.29 is 23.0 Å². The molecule has 0 radical (unpaired) electrons. The third kappa shape index (κ3) is 3.67. The molecule has 0 bridgehead atoms. The van der Waals surface area contributed by atoms with Crippen LogP contribution in [-0.4, -0.2) is 10.1 Å². The number of hydrogen-bond acceptors (Lipinski definition) is 5. The number of nitrogens with zero attached hydrogens (tertiary/aromatic N) is 1. The molecule has 0 saturated heterocycles. The molecule has 0 aliphatic carbocycles. The van der Waals surface area contributed by atoms with Crippen LogP contribution in [0.4, 0.5) is 8.78 Å². The average molecular weight is 409 g/mol. The smallest absolute Gasteiger partial charge is 0.340 e. The van der Waals surface area contributed by atoms with Crippen molar-refractivity contribution in [1.82, 2.24) is 4.98 Å². The quantitative estimate of drug-likeness (QED) is 0.486. The zero-order chi connectivity index (χ0) is 21.3. The maximum atomic E-state index is 14.5. The van der Waals surface area contributed by atoms with Gasteiger partial charge in [-0.3, -0.25) is 0 Å². The summed E-state index contributed by atoms with van der Waals surface area (Å²) in [4.78, 5) is 16.4. The molecule has 0 aliphatic rings. The maximum Gasteiger partial charge on any atom is 0.340 e. The highest BCUT2D eigenvalue weighted by atomic mass is 19.1. The number of fused-ring (bicyclic) bond motifs is 1. The Morgan fingerprint density at radius 1 is 1.10 bits per heavy atom. The Balaban J connectivity index is 1.72. The number of benzene rings is 2. The number of aliphatic hydroxyl groups is 1. The van der Waals surface area contributed by atoms with Gasteiger partial charge < -0.3 is 14.3 Å². The zero-order valence-corrected chi connectivity index (χ0v) is 16.0. The number of ether oxygens (including phenoxy) is 1. The molecular formula is C23H17F2NO4. The van der Waals surface area contributed by atoms with Gasteiger partial charge in [0.05, 0.1) is 6.61 Å². The van der Waals surface area contributed by atoms with Gasteiger partial charge in [-0.1, -0.05) is 18.2 Å². The molecular weight excluding hydrogens is 392 g/mol. The van der Waals surface area contributed by atoms with Crippen LogP contribution in [0.15, 0.2) is 63.9 Å². The lowest BCUT2D eigenvalue weighted by Crippen LogP contribution is -2.12. The number of aliphatic hydroxyl groups excluding tert-OH is 1. The lowest BCUT2D eigenvalue weighted by atomic mass is 9.98. The Morgan fingerprint density at radius 2 is 1.90 bits per heavy atom. The summed E-state index contributed by atoms with van der Waals surface area (Å²) in [5, 5.41) is 9.90. The molecule has 5 nitrogen and oxygen atoms in total.